The summed E-state index contributed by atoms with van der Waals surface area (Å²) < 4.78 is 31.6. The van der Waals surface area contributed by atoms with Gasteiger partial charge in [0, 0.05) is 6.07 Å². The summed E-state index contributed by atoms with van der Waals surface area (Å²) in [5, 5.41) is 13.0. The SMILES string of the molecule is O=C(CSc1n[nH]c(NN=Cc2ccco2)n1)Nc1cc(F)ccc1F. The number of H-pyrrole nitrogens is 1. The van der Waals surface area contributed by atoms with E-state index in [-0.39, 0.29) is 22.5 Å². The summed E-state index contributed by atoms with van der Waals surface area (Å²) in [4.78, 5) is 15.9. The summed E-state index contributed by atoms with van der Waals surface area (Å²) in [5.74, 6) is -1.13. The zero-order valence-corrected chi connectivity index (χ0v) is 13.9. The van der Waals surface area contributed by atoms with Crippen molar-refractivity contribution in [2.75, 3.05) is 16.5 Å². The third-order valence-corrected chi connectivity index (χ3v) is 3.75. The Bertz CT molecular complexity index is 913. The predicted molar refractivity (Wildman–Crippen MR) is 92.0 cm³/mol. The van der Waals surface area contributed by atoms with E-state index >= 15 is 0 Å². The van der Waals surface area contributed by atoms with Gasteiger partial charge >= 0.3 is 0 Å². The number of carbonyl (C=O) groups excluding carboxylic acids is 1. The first-order valence-electron chi connectivity index (χ1n) is 7.23. The Morgan fingerprint density at radius 3 is 3.08 bits per heavy atom. The maximum absolute atomic E-state index is 13.5. The highest BCUT2D eigenvalue weighted by atomic mass is 32.2. The van der Waals surface area contributed by atoms with Crippen LogP contribution in [0.25, 0.3) is 0 Å². The summed E-state index contributed by atoms with van der Waals surface area (Å²) in [6.07, 6.45) is 2.97. The standard InChI is InChI=1S/C15H12F2N6O2S/c16-9-3-4-11(17)12(6-9)19-13(24)8-26-15-20-14(22-23-15)21-18-7-10-2-1-5-25-10/h1-7H,8H2,(H,19,24)(H2,20,21,22,23). The largest absolute Gasteiger partial charge is 0.463 e. The summed E-state index contributed by atoms with van der Waals surface area (Å²) in [6, 6.07) is 6.27. The fourth-order valence-electron chi connectivity index (χ4n) is 1.79. The number of halogens is 2. The van der Waals surface area contributed by atoms with Crippen LogP contribution in [-0.2, 0) is 4.79 Å². The lowest BCUT2D eigenvalue weighted by Crippen LogP contribution is -2.15. The number of anilines is 2. The van der Waals surface area contributed by atoms with Crippen molar-refractivity contribution < 1.29 is 18.0 Å². The number of hydrazone groups is 1. The molecule has 3 N–H and O–H groups in total. The molecule has 0 saturated heterocycles. The van der Waals surface area contributed by atoms with Crippen LogP contribution in [0.15, 0.2) is 51.3 Å². The second-order valence-electron chi connectivity index (χ2n) is 4.81. The van der Waals surface area contributed by atoms with E-state index in [1.807, 2.05) is 0 Å². The van der Waals surface area contributed by atoms with Gasteiger partial charge in [0.25, 0.3) is 0 Å². The van der Waals surface area contributed by atoms with Crippen LogP contribution in [0.3, 0.4) is 0 Å². The van der Waals surface area contributed by atoms with E-state index < -0.39 is 17.5 Å². The van der Waals surface area contributed by atoms with Crippen molar-refractivity contribution in [2.45, 2.75) is 5.16 Å². The molecule has 0 unspecified atom stereocenters. The summed E-state index contributed by atoms with van der Waals surface area (Å²) in [6.45, 7) is 0. The monoisotopic (exact) mass is 378 g/mol. The molecule has 8 nitrogen and oxygen atoms in total. The Morgan fingerprint density at radius 2 is 2.27 bits per heavy atom. The van der Waals surface area contributed by atoms with Crippen molar-refractivity contribution in [3.8, 4) is 0 Å². The van der Waals surface area contributed by atoms with Crippen molar-refractivity contribution in [2.24, 2.45) is 5.10 Å². The van der Waals surface area contributed by atoms with E-state index in [0.29, 0.717) is 5.76 Å². The average Bonchev–Trinajstić information content (AvgIpc) is 3.28. The molecule has 0 fully saturated rings. The van der Waals surface area contributed by atoms with E-state index in [1.54, 1.807) is 12.1 Å². The van der Waals surface area contributed by atoms with Crippen molar-refractivity contribution in [1.82, 2.24) is 15.2 Å². The fraction of sp³-hybridized carbons (Fsp3) is 0.0667. The lowest BCUT2D eigenvalue weighted by Gasteiger charge is -2.05. The number of carbonyl (C=O) groups is 1. The number of hydrogen-bond donors (Lipinski definition) is 3. The van der Waals surface area contributed by atoms with E-state index in [9.17, 15) is 13.6 Å². The number of furan rings is 1. The molecule has 0 saturated carbocycles. The topological polar surface area (TPSA) is 108 Å². The Labute approximate surface area is 150 Å². The van der Waals surface area contributed by atoms with Crippen molar-refractivity contribution in [1.29, 1.82) is 0 Å². The first-order chi connectivity index (χ1) is 12.6. The van der Waals surface area contributed by atoms with E-state index in [4.69, 9.17) is 4.42 Å². The third-order valence-electron chi connectivity index (χ3n) is 2.91. The minimum Gasteiger partial charge on any atom is -0.463 e. The van der Waals surface area contributed by atoms with Crippen molar-refractivity contribution in [3.63, 3.8) is 0 Å². The Hall–Kier alpha value is -3.21. The first-order valence-corrected chi connectivity index (χ1v) is 8.21. The highest BCUT2D eigenvalue weighted by Crippen LogP contribution is 2.18. The molecule has 2 heterocycles. The van der Waals surface area contributed by atoms with Gasteiger partial charge in [-0.05, 0) is 24.3 Å². The molecule has 3 aromatic rings. The Morgan fingerprint density at radius 1 is 1.38 bits per heavy atom. The summed E-state index contributed by atoms with van der Waals surface area (Å²) in [7, 11) is 0. The number of aromatic amines is 1. The zero-order chi connectivity index (χ0) is 18.4. The van der Waals surface area contributed by atoms with Crippen LogP contribution < -0.4 is 10.7 Å². The number of hydrogen-bond acceptors (Lipinski definition) is 7. The highest BCUT2D eigenvalue weighted by Gasteiger charge is 2.11. The molecular weight excluding hydrogens is 366 g/mol. The number of nitrogens with zero attached hydrogens (tertiary/aromatic N) is 3. The molecule has 2 aromatic heterocycles. The summed E-state index contributed by atoms with van der Waals surface area (Å²) in [5.41, 5.74) is 2.40. The molecule has 0 atom stereocenters. The lowest BCUT2D eigenvalue weighted by atomic mass is 10.3. The van der Waals surface area contributed by atoms with Gasteiger partial charge in [-0.3, -0.25) is 4.79 Å². The molecule has 11 heteroatoms. The normalized spacial score (nSPS) is 11.0. The number of amides is 1. The van der Waals surface area contributed by atoms with E-state index in [1.165, 1.54) is 12.5 Å². The quantitative estimate of drug-likeness (QED) is 0.331. The maximum atomic E-state index is 13.5. The predicted octanol–water partition coefficient (Wildman–Crippen LogP) is 2.85. The molecule has 0 aliphatic carbocycles. The smallest absolute Gasteiger partial charge is 0.240 e. The number of benzene rings is 1. The fourth-order valence-corrected chi connectivity index (χ4v) is 2.39. The Balaban J connectivity index is 1.48. The van der Waals surface area contributed by atoms with Gasteiger partial charge in [0.1, 0.15) is 17.4 Å². The van der Waals surface area contributed by atoms with E-state index in [0.717, 1.165) is 30.0 Å². The molecule has 0 aliphatic heterocycles. The van der Waals surface area contributed by atoms with Crippen LogP contribution in [0.2, 0.25) is 0 Å². The number of rotatable bonds is 7. The first kappa shape index (κ1) is 17.6. The molecule has 0 spiro atoms. The van der Waals surface area contributed by atoms with Crippen LogP contribution in [0.4, 0.5) is 20.4 Å². The van der Waals surface area contributed by atoms with Crippen LogP contribution in [-0.4, -0.2) is 33.1 Å². The van der Waals surface area contributed by atoms with Gasteiger partial charge in [0.2, 0.25) is 17.0 Å². The molecule has 1 amide bonds. The summed E-state index contributed by atoms with van der Waals surface area (Å²) >= 11 is 1.02. The number of thioether (sulfide) groups is 1. The van der Waals surface area contributed by atoms with Gasteiger partial charge < -0.3 is 9.73 Å². The zero-order valence-electron chi connectivity index (χ0n) is 13.1. The molecule has 0 aliphatic rings. The number of nitrogens with one attached hydrogen (secondary N) is 3. The molecular formula is C15H12F2N6O2S. The maximum Gasteiger partial charge on any atom is 0.240 e. The van der Waals surface area contributed by atoms with Crippen LogP contribution in [0.1, 0.15) is 5.76 Å². The van der Waals surface area contributed by atoms with Gasteiger partial charge in [-0.25, -0.2) is 19.3 Å². The Kier molecular flexibility index (Phi) is 5.59. The van der Waals surface area contributed by atoms with Crippen molar-refractivity contribution in [3.05, 3.63) is 54.0 Å². The molecule has 26 heavy (non-hydrogen) atoms. The van der Waals surface area contributed by atoms with Gasteiger partial charge in [-0.1, -0.05) is 11.8 Å². The lowest BCUT2D eigenvalue weighted by molar-refractivity contribution is -0.113. The van der Waals surface area contributed by atoms with Crippen LogP contribution in [0, 0.1) is 11.6 Å². The minimum atomic E-state index is -0.719. The molecule has 1 aromatic carbocycles. The van der Waals surface area contributed by atoms with Crippen LogP contribution in [0.5, 0.6) is 0 Å². The average molecular weight is 378 g/mol. The van der Waals surface area contributed by atoms with Gasteiger partial charge in [-0.2, -0.15) is 10.1 Å². The molecule has 134 valence electrons. The molecule has 0 radical (unpaired) electrons. The minimum absolute atomic E-state index is 0.0804. The van der Waals surface area contributed by atoms with Crippen molar-refractivity contribution >= 4 is 35.5 Å². The van der Waals surface area contributed by atoms with E-state index in [2.05, 4.69) is 31.0 Å². The molecule has 0 bridgehead atoms. The second kappa shape index (κ2) is 8.25. The number of aromatic nitrogens is 3. The third kappa shape index (κ3) is 4.89. The molecule has 3 rings (SSSR count). The second-order valence-corrected chi connectivity index (χ2v) is 5.76. The van der Waals surface area contributed by atoms with Gasteiger partial charge in [-0.15, -0.1) is 5.10 Å². The van der Waals surface area contributed by atoms with Crippen LogP contribution >= 0.6 is 11.8 Å². The van der Waals surface area contributed by atoms with Gasteiger partial charge in [0.05, 0.1) is 23.9 Å². The highest BCUT2D eigenvalue weighted by molar-refractivity contribution is 7.99. The van der Waals surface area contributed by atoms with Gasteiger partial charge in [0.15, 0.2) is 0 Å².